The molecule has 2 rings (SSSR count). The number of carbonyl (C=O) groups is 1. The van der Waals surface area contributed by atoms with Gasteiger partial charge in [0.1, 0.15) is 18.1 Å². The van der Waals surface area contributed by atoms with Gasteiger partial charge in [-0.3, -0.25) is 4.79 Å². The summed E-state index contributed by atoms with van der Waals surface area (Å²) in [6.45, 7) is 4.76. The van der Waals surface area contributed by atoms with Gasteiger partial charge in [-0.15, -0.1) is 11.6 Å². The number of carbonyl (C=O) groups excluding carboxylic acids is 1. The number of fused-ring (bicyclic) bond motifs is 1. The fourth-order valence-corrected chi connectivity index (χ4v) is 2.36. The Balaban J connectivity index is 2.39. The van der Waals surface area contributed by atoms with Crippen LogP contribution in [-0.2, 0) is 11.3 Å². The number of alkyl halides is 1. The summed E-state index contributed by atoms with van der Waals surface area (Å²) in [6, 6.07) is 5.60. The van der Waals surface area contributed by atoms with Crippen LogP contribution in [0.15, 0.2) is 18.2 Å². The van der Waals surface area contributed by atoms with E-state index in [0.717, 1.165) is 23.2 Å². The highest BCUT2D eigenvalue weighted by molar-refractivity contribution is 6.20. The van der Waals surface area contributed by atoms with Crippen LogP contribution in [0.25, 0.3) is 11.0 Å². The topological polar surface area (TPSA) is 56.2 Å². The highest BCUT2D eigenvalue weighted by Crippen LogP contribution is 2.27. The standard InChI is InChI=1S/C15H20ClN3O2/c1-4-7-17-14(20)9-19-13-6-5-11(21-3)8-12(13)18-15(19)10(2)16/h5-6,8,10H,4,7,9H2,1-3H3,(H,17,20). The van der Waals surface area contributed by atoms with Gasteiger partial charge in [0.05, 0.1) is 23.5 Å². The van der Waals surface area contributed by atoms with Gasteiger partial charge in [0, 0.05) is 12.6 Å². The molecule has 0 radical (unpaired) electrons. The van der Waals surface area contributed by atoms with Gasteiger partial charge in [-0.1, -0.05) is 6.92 Å². The van der Waals surface area contributed by atoms with Gasteiger partial charge in [0.2, 0.25) is 5.91 Å². The average Bonchev–Trinajstić information content (AvgIpc) is 2.83. The maximum atomic E-state index is 12.0. The number of nitrogens with zero attached hydrogens (tertiary/aromatic N) is 2. The van der Waals surface area contributed by atoms with Crippen molar-refractivity contribution in [2.75, 3.05) is 13.7 Å². The van der Waals surface area contributed by atoms with Crippen LogP contribution in [0.2, 0.25) is 0 Å². The molecule has 0 aliphatic rings. The van der Waals surface area contributed by atoms with Gasteiger partial charge < -0.3 is 14.6 Å². The van der Waals surface area contributed by atoms with Crippen LogP contribution in [0.1, 0.15) is 31.5 Å². The van der Waals surface area contributed by atoms with E-state index in [1.807, 2.05) is 36.6 Å². The Morgan fingerprint density at radius 3 is 2.90 bits per heavy atom. The summed E-state index contributed by atoms with van der Waals surface area (Å²) < 4.78 is 7.06. The van der Waals surface area contributed by atoms with Crippen molar-refractivity contribution >= 4 is 28.5 Å². The van der Waals surface area contributed by atoms with Gasteiger partial charge in [0.25, 0.3) is 0 Å². The summed E-state index contributed by atoms with van der Waals surface area (Å²) >= 11 is 6.19. The number of rotatable bonds is 6. The van der Waals surface area contributed by atoms with Gasteiger partial charge in [0.15, 0.2) is 0 Å². The molecule has 1 atom stereocenters. The fraction of sp³-hybridized carbons (Fsp3) is 0.467. The number of aromatic nitrogens is 2. The number of amides is 1. The third-order valence-electron chi connectivity index (χ3n) is 3.21. The Morgan fingerprint density at radius 1 is 1.52 bits per heavy atom. The molecule has 0 aliphatic heterocycles. The Kier molecular flexibility index (Phi) is 5.07. The number of benzene rings is 1. The van der Waals surface area contributed by atoms with E-state index in [4.69, 9.17) is 16.3 Å². The van der Waals surface area contributed by atoms with Crippen molar-refractivity contribution in [2.45, 2.75) is 32.2 Å². The van der Waals surface area contributed by atoms with Crippen molar-refractivity contribution in [3.8, 4) is 5.75 Å². The van der Waals surface area contributed by atoms with Gasteiger partial charge >= 0.3 is 0 Å². The Labute approximate surface area is 129 Å². The lowest BCUT2D eigenvalue weighted by Gasteiger charge is -2.10. The van der Waals surface area contributed by atoms with Crippen molar-refractivity contribution in [2.24, 2.45) is 0 Å². The van der Waals surface area contributed by atoms with Crippen LogP contribution < -0.4 is 10.1 Å². The molecular weight excluding hydrogens is 290 g/mol. The minimum absolute atomic E-state index is 0.0365. The molecule has 1 aromatic carbocycles. The van der Waals surface area contributed by atoms with E-state index in [0.29, 0.717) is 12.4 Å². The van der Waals surface area contributed by atoms with Crippen molar-refractivity contribution < 1.29 is 9.53 Å². The minimum Gasteiger partial charge on any atom is -0.497 e. The molecule has 0 aliphatic carbocycles. The molecule has 1 unspecified atom stereocenters. The Morgan fingerprint density at radius 2 is 2.29 bits per heavy atom. The average molecular weight is 310 g/mol. The highest BCUT2D eigenvalue weighted by atomic mass is 35.5. The number of ether oxygens (including phenoxy) is 1. The molecule has 1 heterocycles. The van der Waals surface area contributed by atoms with Crippen LogP contribution in [0.5, 0.6) is 5.75 Å². The summed E-state index contributed by atoms with van der Waals surface area (Å²) in [4.78, 5) is 16.5. The molecule has 1 aromatic heterocycles. The first-order chi connectivity index (χ1) is 10.1. The molecule has 21 heavy (non-hydrogen) atoms. The summed E-state index contributed by atoms with van der Waals surface area (Å²) in [6.07, 6.45) is 0.909. The summed E-state index contributed by atoms with van der Waals surface area (Å²) in [7, 11) is 1.61. The molecule has 0 fully saturated rings. The van der Waals surface area contributed by atoms with Gasteiger partial charge in [-0.05, 0) is 25.5 Å². The van der Waals surface area contributed by atoms with Crippen molar-refractivity contribution in [3.63, 3.8) is 0 Å². The maximum absolute atomic E-state index is 12.0. The van der Waals surface area contributed by atoms with E-state index >= 15 is 0 Å². The number of methoxy groups -OCH3 is 1. The molecule has 0 saturated heterocycles. The second-order valence-electron chi connectivity index (χ2n) is 4.88. The summed E-state index contributed by atoms with van der Waals surface area (Å²) in [5, 5.41) is 2.59. The van der Waals surface area contributed by atoms with Crippen LogP contribution in [-0.4, -0.2) is 29.1 Å². The zero-order chi connectivity index (χ0) is 15.4. The predicted octanol–water partition coefficient (Wildman–Crippen LogP) is 2.87. The molecule has 0 spiro atoms. The fourth-order valence-electron chi connectivity index (χ4n) is 2.19. The molecule has 0 saturated carbocycles. The third kappa shape index (κ3) is 3.47. The molecule has 2 aromatic rings. The monoisotopic (exact) mass is 309 g/mol. The smallest absolute Gasteiger partial charge is 0.240 e. The first-order valence-corrected chi connectivity index (χ1v) is 7.45. The van der Waals surface area contributed by atoms with Gasteiger partial charge in [-0.2, -0.15) is 0 Å². The maximum Gasteiger partial charge on any atom is 0.240 e. The van der Waals surface area contributed by atoms with E-state index < -0.39 is 0 Å². The Hall–Kier alpha value is -1.75. The molecular formula is C15H20ClN3O2. The molecule has 114 valence electrons. The second kappa shape index (κ2) is 6.80. The van der Waals surface area contributed by atoms with E-state index in [9.17, 15) is 4.79 Å². The van der Waals surface area contributed by atoms with E-state index in [-0.39, 0.29) is 17.8 Å². The molecule has 1 amide bonds. The Bertz CT molecular complexity index is 637. The number of nitrogens with one attached hydrogen (secondary N) is 1. The largest absolute Gasteiger partial charge is 0.497 e. The lowest BCUT2D eigenvalue weighted by atomic mass is 10.3. The van der Waals surface area contributed by atoms with Crippen LogP contribution in [0, 0.1) is 0 Å². The van der Waals surface area contributed by atoms with Crippen molar-refractivity contribution in [3.05, 3.63) is 24.0 Å². The zero-order valence-corrected chi connectivity index (χ0v) is 13.3. The number of hydrogen-bond acceptors (Lipinski definition) is 3. The summed E-state index contributed by atoms with van der Waals surface area (Å²) in [5.41, 5.74) is 1.66. The third-order valence-corrected chi connectivity index (χ3v) is 3.41. The second-order valence-corrected chi connectivity index (χ2v) is 5.53. The van der Waals surface area contributed by atoms with Crippen LogP contribution in [0.3, 0.4) is 0 Å². The normalized spacial score (nSPS) is 12.4. The molecule has 1 N–H and O–H groups in total. The quantitative estimate of drug-likeness (QED) is 0.835. The number of imidazole rings is 1. The zero-order valence-electron chi connectivity index (χ0n) is 12.5. The molecule has 0 bridgehead atoms. The SMILES string of the molecule is CCCNC(=O)Cn1c(C(C)Cl)nc2cc(OC)ccc21. The van der Waals surface area contributed by atoms with Gasteiger partial charge in [-0.25, -0.2) is 4.98 Å². The lowest BCUT2D eigenvalue weighted by molar-refractivity contribution is -0.121. The predicted molar refractivity (Wildman–Crippen MR) is 83.9 cm³/mol. The highest BCUT2D eigenvalue weighted by Gasteiger charge is 2.17. The van der Waals surface area contributed by atoms with E-state index in [2.05, 4.69) is 10.3 Å². The van der Waals surface area contributed by atoms with Crippen LogP contribution >= 0.6 is 11.6 Å². The number of halogens is 1. The first-order valence-electron chi connectivity index (χ1n) is 7.01. The molecule has 6 heteroatoms. The van der Waals surface area contributed by atoms with Crippen molar-refractivity contribution in [1.29, 1.82) is 0 Å². The van der Waals surface area contributed by atoms with E-state index in [1.165, 1.54) is 0 Å². The summed E-state index contributed by atoms with van der Waals surface area (Å²) in [5.74, 6) is 1.38. The van der Waals surface area contributed by atoms with E-state index in [1.54, 1.807) is 7.11 Å². The lowest BCUT2D eigenvalue weighted by Crippen LogP contribution is -2.28. The van der Waals surface area contributed by atoms with Crippen molar-refractivity contribution in [1.82, 2.24) is 14.9 Å². The molecule has 5 nitrogen and oxygen atoms in total. The minimum atomic E-state index is -0.276. The van der Waals surface area contributed by atoms with Crippen LogP contribution in [0.4, 0.5) is 0 Å². The first kappa shape index (κ1) is 15.6. The number of hydrogen-bond donors (Lipinski definition) is 1.